The van der Waals surface area contributed by atoms with E-state index in [-0.39, 0.29) is 17.4 Å². The molecule has 1 aromatic heterocycles. The third-order valence-corrected chi connectivity index (χ3v) is 1.81. The van der Waals surface area contributed by atoms with Gasteiger partial charge in [-0.2, -0.15) is 0 Å². The van der Waals surface area contributed by atoms with E-state index in [0.717, 1.165) is 0 Å². The van der Waals surface area contributed by atoms with E-state index >= 15 is 0 Å². The van der Waals surface area contributed by atoms with Gasteiger partial charge in [-0.25, -0.2) is 9.97 Å². The quantitative estimate of drug-likeness (QED) is 0.663. The molecular formula is C9H12N2O3. The summed E-state index contributed by atoms with van der Waals surface area (Å²) in [6.07, 6.45) is 2.37. The van der Waals surface area contributed by atoms with Crippen molar-refractivity contribution >= 4 is 5.78 Å². The van der Waals surface area contributed by atoms with Crippen molar-refractivity contribution in [3.05, 3.63) is 18.1 Å². The Morgan fingerprint density at radius 1 is 1.36 bits per heavy atom. The summed E-state index contributed by atoms with van der Waals surface area (Å²) >= 11 is 0. The molecule has 1 atom stereocenters. The fourth-order valence-electron chi connectivity index (χ4n) is 0.943. The molecule has 0 saturated heterocycles. The molecule has 0 fully saturated rings. The van der Waals surface area contributed by atoms with Gasteiger partial charge in [0.15, 0.2) is 5.69 Å². The Hall–Kier alpha value is -1.49. The molecule has 0 aliphatic heterocycles. The van der Waals surface area contributed by atoms with Crippen LogP contribution in [0.1, 0.15) is 17.4 Å². The lowest BCUT2D eigenvalue weighted by Gasteiger charge is -2.09. The molecule has 0 saturated carbocycles. The van der Waals surface area contributed by atoms with Gasteiger partial charge in [-0.1, -0.05) is 0 Å². The van der Waals surface area contributed by atoms with Crippen molar-refractivity contribution in [2.24, 2.45) is 0 Å². The summed E-state index contributed by atoms with van der Waals surface area (Å²) in [6.45, 7) is 1.65. The molecule has 0 aliphatic carbocycles. The minimum Gasteiger partial charge on any atom is -0.479 e. The normalized spacial score (nSPS) is 12.2. The largest absolute Gasteiger partial charge is 0.479 e. The fourth-order valence-corrected chi connectivity index (χ4v) is 0.943. The third kappa shape index (κ3) is 2.05. The summed E-state index contributed by atoms with van der Waals surface area (Å²) in [7, 11) is 2.91. The van der Waals surface area contributed by atoms with Crippen LogP contribution in [0.5, 0.6) is 5.88 Å². The highest BCUT2D eigenvalue weighted by atomic mass is 16.5. The van der Waals surface area contributed by atoms with Gasteiger partial charge in [0.25, 0.3) is 0 Å². The van der Waals surface area contributed by atoms with Crippen molar-refractivity contribution < 1.29 is 14.3 Å². The van der Waals surface area contributed by atoms with Gasteiger partial charge in [0.05, 0.1) is 7.11 Å². The average Bonchev–Trinajstić information content (AvgIpc) is 2.26. The van der Waals surface area contributed by atoms with Crippen molar-refractivity contribution in [2.45, 2.75) is 13.0 Å². The first kappa shape index (κ1) is 10.6. The summed E-state index contributed by atoms with van der Waals surface area (Å²) in [4.78, 5) is 19.4. The number of ether oxygens (including phenoxy) is 2. The Morgan fingerprint density at radius 3 is 2.57 bits per heavy atom. The topological polar surface area (TPSA) is 61.3 Å². The van der Waals surface area contributed by atoms with Gasteiger partial charge in [0, 0.05) is 19.5 Å². The van der Waals surface area contributed by atoms with Crippen molar-refractivity contribution in [3.8, 4) is 5.88 Å². The van der Waals surface area contributed by atoms with E-state index in [1.807, 2.05) is 0 Å². The first-order chi connectivity index (χ1) is 6.70. The highest BCUT2D eigenvalue weighted by Crippen LogP contribution is 2.13. The van der Waals surface area contributed by atoms with E-state index in [1.165, 1.54) is 26.6 Å². The third-order valence-electron chi connectivity index (χ3n) is 1.81. The average molecular weight is 196 g/mol. The molecule has 76 valence electrons. The van der Waals surface area contributed by atoms with Crippen LogP contribution in [0.4, 0.5) is 0 Å². The zero-order valence-corrected chi connectivity index (χ0v) is 8.35. The number of nitrogens with zero attached hydrogens (tertiary/aromatic N) is 2. The summed E-state index contributed by atoms with van der Waals surface area (Å²) < 4.78 is 9.80. The van der Waals surface area contributed by atoms with Crippen LogP contribution in [-0.4, -0.2) is 36.1 Å². The molecule has 0 amide bonds. The molecule has 0 aromatic carbocycles. The number of hydrogen-bond donors (Lipinski definition) is 0. The Labute approximate surface area is 82.1 Å². The Balaban J connectivity index is 3.00. The van der Waals surface area contributed by atoms with E-state index in [2.05, 4.69) is 9.97 Å². The van der Waals surface area contributed by atoms with Crippen molar-refractivity contribution in [2.75, 3.05) is 14.2 Å². The van der Waals surface area contributed by atoms with Crippen LogP contribution < -0.4 is 4.74 Å². The van der Waals surface area contributed by atoms with Crippen LogP contribution in [0, 0.1) is 0 Å². The Bertz CT molecular complexity index is 328. The molecule has 5 heteroatoms. The number of hydrogen-bond acceptors (Lipinski definition) is 5. The first-order valence-corrected chi connectivity index (χ1v) is 4.12. The standard InChI is InChI=1S/C9H12N2O3/c1-6(13-2)8(12)7-9(14-3)11-5-4-10-7/h4-6H,1-3H3. The molecule has 0 bridgehead atoms. The molecule has 1 unspecified atom stereocenters. The Morgan fingerprint density at radius 2 is 2.00 bits per heavy atom. The van der Waals surface area contributed by atoms with Gasteiger partial charge >= 0.3 is 0 Å². The summed E-state index contributed by atoms with van der Waals surface area (Å²) in [5, 5.41) is 0. The SMILES string of the molecule is COc1nccnc1C(=O)C(C)OC. The minimum atomic E-state index is -0.541. The van der Waals surface area contributed by atoms with Gasteiger partial charge in [0.2, 0.25) is 11.7 Å². The predicted octanol–water partition coefficient (Wildman–Crippen LogP) is 0.703. The van der Waals surface area contributed by atoms with Crippen LogP contribution >= 0.6 is 0 Å². The van der Waals surface area contributed by atoms with Crippen LogP contribution in [0.2, 0.25) is 0 Å². The van der Waals surface area contributed by atoms with Gasteiger partial charge in [-0.05, 0) is 6.92 Å². The summed E-state index contributed by atoms with van der Waals surface area (Å²) in [5.74, 6) is -0.0150. The maximum atomic E-state index is 11.6. The minimum absolute atomic E-state index is 0.198. The molecule has 5 nitrogen and oxygen atoms in total. The number of rotatable bonds is 4. The number of methoxy groups -OCH3 is 2. The van der Waals surface area contributed by atoms with E-state index in [0.29, 0.717) is 0 Å². The maximum absolute atomic E-state index is 11.6. The monoisotopic (exact) mass is 196 g/mol. The summed E-state index contributed by atoms with van der Waals surface area (Å²) in [6, 6.07) is 0. The Kier molecular flexibility index (Phi) is 3.53. The molecule has 14 heavy (non-hydrogen) atoms. The molecule has 0 aliphatic rings. The predicted molar refractivity (Wildman–Crippen MR) is 49.4 cm³/mol. The second kappa shape index (κ2) is 4.66. The molecule has 1 rings (SSSR count). The van der Waals surface area contributed by atoms with Crippen LogP contribution in [0.15, 0.2) is 12.4 Å². The second-order valence-corrected chi connectivity index (χ2v) is 2.66. The fraction of sp³-hybridized carbons (Fsp3) is 0.444. The zero-order chi connectivity index (χ0) is 10.6. The summed E-state index contributed by atoms with van der Waals surface area (Å²) in [5.41, 5.74) is 0.198. The van der Waals surface area contributed by atoms with Gasteiger partial charge in [-0.3, -0.25) is 4.79 Å². The van der Waals surface area contributed by atoms with E-state index < -0.39 is 6.10 Å². The van der Waals surface area contributed by atoms with Crippen molar-refractivity contribution in [1.29, 1.82) is 0 Å². The zero-order valence-electron chi connectivity index (χ0n) is 8.35. The lowest BCUT2D eigenvalue weighted by Crippen LogP contribution is -2.21. The van der Waals surface area contributed by atoms with Crippen LogP contribution in [0.3, 0.4) is 0 Å². The number of carbonyl (C=O) groups excluding carboxylic acids is 1. The number of carbonyl (C=O) groups is 1. The second-order valence-electron chi connectivity index (χ2n) is 2.66. The molecule has 0 N–H and O–H groups in total. The van der Waals surface area contributed by atoms with E-state index in [1.54, 1.807) is 6.92 Å². The van der Waals surface area contributed by atoms with Crippen molar-refractivity contribution in [1.82, 2.24) is 9.97 Å². The lowest BCUT2D eigenvalue weighted by molar-refractivity contribution is 0.0646. The highest BCUT2D eigenvalue weighted by Gasteiger charge is 2.20. The molecule has 0 radical (unpaired) electrons. The van der Waals surface area contributed by atoms with Crippen LogP contribution in [-0.2, 0) is 4.74 Å². The highest BCUT2D eigenvalue weighted by molar-refractivity contribution is 5.99. The van der Waals surface area contributed by atoms with Gasteiger partial charge in [-0.15, -0.1) is 0 Å². The van der Waals surface area contributed by atoms with Gasteiger partial charge < -0.3 is 9.47 Å². The smallest absolute Gasteiger partial charge is 0.243 e. The molecule has 1 aromatic rings. The number of Topliss-reactive ketones (excluding diaryl/α,β-unsaturated/α-hetero) is 1. The van der Waals surface area contributed by atoms with Gasteiger partial charge in [0.1, 0.15) is 6.10 Å². The van der Waals surface area contributed by atoms with Crippen molar-refractivity contribution in [3.63, 3.8) is 0 Å². The maximum Gasteiger partial charge on any atom is 0.243 e. The lowest BCUT2D eigenvalue weighted by atomic mass is 10.2. The first-order valence-electron chi connectivity index (χ1n) is 4.12. The molecular weight excluding hydrogens is 184 g/mol. The van der Waals surface area contributed by atoms with E-state index in [4.69, 9.17) is 9.47 Å². The van der Waals surface area contributed by atoms with E-state index in [9.17, 15) is 4.79 Å². The van der Waals surface area contributed by atoms with Crippen LogP contribution in [0.25, 0.3) is 0 Å². The molecule has 1 heterocycles. The number of ketones is 1. The molecule has 0 spiro atoms. The number of aromatic nitrogens is 2.